The van der Waals surface area contributed by atoms with Crippen molar-refractivity contribution in [1.29, 1.82) is 0 Å². The van der Waals surface area contributed by atoms with Crippen molar-refractivity contribution in [2.24, 2.45) is 10.8 Å². The highest BCUT2D eigenvalue weighted by molar-refractivity contribution is 6.09. The fourth-order valence-electron chi connectivity index (χ4n) is 7.46. The molecular weight excluding hydrogens is 656 g/mol. The van der Waals surface area contributed by atoms with Crippen molar-refractivity contribution >= 4 is 21.8 Å². The number of hydrogen-bond acceptors (Lipinski definition) is 3. The van der Waals surface area contributed by atoms with Gasteiger partial charge in [0.1, 0.15) is 23.1 Å². The maximum Gasteiger partial charge on any atom is 0.140 e. The van der Waals surface area contributed by atoms with Crippen LogP contribution in [0.5, 0.6) is 11.5 Å². The number of halogens is 1. The van der Waals surface area contributed by atoms with Crippen molar-refractivity contribution < 1.29 is 9.13 Å². The van der Waals surface area contributed by atoms with E-state index in [4.69, 9.17) is 9.84 Å². The highest BCUT2D eigenvalue weighted by atomic mass is 19.1. The second-order valence-corrected chi connectivity index (χ2v) is 17.0. The number of pyridine rings is 1. The van der Waals surface area contributed by atoms with Crippen LogP contribution in [0.2, 0.25) is 0 Å². The predicted octanol–water partition coefficient (Wildman–Crippen LogP) is 12.8. The van der Waals surface area contributed by atoms with Crippen LogP contribution in [-0.4, -0.2) is 19.3 Å². The first-order chi connectivity index (χ1) is 25.2. The minimum absolute atomic E-state index is 0.232. The molecule has 0 aliphatic heterocycles. The smallest absolute Gasteiger partial charge is 0.140 e. The largest absolute Gasteiger partial charge is 0.457 e. The third-order valence-electron chi connectivity index (χ3n) is 10.7. The second-order valence-electron chi connectivity index (χ2n) is 17.0. The van der Waals surface area contributed by atoms with Gasteiger partial charge in [0.05, 0.1) is 22.9 Å². The lowest BCUT2D eigenvalue weighted by molar-refractivity contribution is 0.376. The summed E-state index contributed by atoms with van der Waals surface area (Å²) in [6.07, 6.45) is 9.99. The van der Waals surface area contributed by atoms with Crippen molar-refractivity contribution in [3.63, 3.8) is 0 Å². The highest BCUT2D eigenvalue weighted by Gasteiger charge is 2.24. The van der Waals surface area contributed by atoms with Gasteiger partial charge in [-0.2, -0.15) is 5.10 Å². The predicted molar refractivity (Wildman–Crippen MR) is 217 cm³/mol. The van der Waals surface area contributed by atoms with E-state index < -0.39 is 0 Å². The van der Waals surface area contributed by atoms with Crippen LogP contribution in [0.1, 0.15) is 82.2 Å². The normalized spacial score (nSPS) is 12.3. The van der Waals surface area contributed by atoms with Gasteiger partial charge in [0.15, 0.2) is 0 Å². The average Bonchev–Trinajstić information content (AvgIpc) is 3.72. The van der Waals surface area contributed by atoms with Gasteiger partial charge in [-0.25, -0.2) is 14.1 Å². The molecule has 0 atom stereocenters. The van der Waals surface area contributed by atoms with E-state index in [1.165, 1.54) is 51.7 Å². The number of ether oxygens (including phenoxy) is 1. The molecule has 0 aliphatic carbocycles. The number of benzene rings is 4. The van der Waals surface area contributed by atoms with E-state index in [2.05, 4.69) is 91.7 Å². The molecule has 0 bridgehead atoms. The summed E-state index contributed by atoms with van der Waals surface area (Å²) in [4.78, 5) is 4.50. The van der Waals surface area contributed by atoms with Crippen LogP contribution in [0.4, 0.5) is 4.39 Å². The Labute approximate surface area is 313 Å². The van der Waals surface area contributed by atoms with Gasteiger partial charge in [0.25, 0.3) is 0 Å². The third kappa shape index (κ3) is 7.50. The molecule has 3 heterocycles. The summed E-state index contributed by atoms with van der Waals surface area (Å²) in [5, 5.41) is 7.04. The highest BCUT2D eigenvalue weighted by Crippen LogP contribution is 2.40. The van der Waals surface area contributed by atoms with Crippen molar-refractivity contribution in [3.8, 4) is 34.1 Å². The zero-order chi connectivity index (χ0) is 37.7. The second kappa shape index (κ2) is 14.0. The molecule has 7 aromatic rings. The Hall–Kier alpha value is -5.23. The fraction of sp³-hybridized carbons (Fsp3) is 0.319. The van der Waals surface area contributed by atoms with Gasteiger partial charge in [-0.1, -0.05) is 65.8 Å². The lowest BCUT2D eigenvalue weighted by atomic mass is 9.78. The molecule has 53 heavy (non-hydrogen) atoms. The molecule has 4 aromatic carbocycles. The summed E-state index contributed by atoms with van der Waals surface area (Å²) < 4.78 is 24.8. The molecule has 0 spiro atoms. The molecule has 0 amide bonds. The minimum Gasteiger partial charge on any atom is -0.457 e. The molecule has 0 radical (unpaired) electrons. The van der Waals surface area contributed by atoms with Crippen molar-refractivity contribution in [2.75, 3.05) is 0 Å². The Bertz CT molecular complexity index is 2410. The molecule has 5 nitrogen and oxygen atoms in total. The summed E-state index contributed by atoms with van der Waals surface area (Å²) in [6, 6.07) is 25.0. The summed E-state index contributed by atoms with van der Waals surface area (Å²) >= 11 is 0. The van der Waals surface area contributed by atoms with Crippen LogP contribution in [-0.2, 0) is 12.8 Å². The maximum atomic E-state index is 14.4. The summed E-state index contributed by atoms with van der Waals surface area (Å²) in [5.74, 6) is 1.56. The van der Waals surface area contributed by atoms with Crippen molar-refractivity contribution in [3.05, 3.63) is 131 Å². The lowest BCUT2D eigenvalue weighted by Gasteiger charge is -2.26. The van der Waals surface area contributed by atoms with Gasteiger partial charge in [0, 0.05) is 46.9 Å². The fourth-order valence-corrected chi connectivity index (χ4v) is 7.46. The van der Waals surface area contributed by atoms with Crippen molar-refractivity contribution in [2.45, 2.75) is 88.0 Å². The van der Waals surface area contributed by atoms with Gasteiger partial charge in [-0.15, -0.1) is 0 Å². The Morgan fingerprint density at radius 1 is 0.679 bits per heavy atom. The quantitative estimate of drug-likeness (QED) is 0.150. The zero-order valence-electron chi connectivity index (χ0n) is 32.6. The van der Waals surface area contributed by atoms with E-state index in [1.54, 1.807) is 0 Å². The number of aromatic nitrogens is 4. The first-order valence-corrected chi connectivity index (χ1v) is 18.8. The molecule has 272 valence electrons. The number of para-hydroxylation sites is 1. The van der Waals surface area contributed by atoms with Crippen LogP contribution < -0.4 is 4.74 Å². The molecule has 7 rings (SSSR count). The summed E-state index contributed by atoms with van der Waals surface area (Å²) in [5.41, 5.74) is 12.8. The zero-order valence-corrected chi connectivity index (χ0v) is 32.6. The Morgan fingerprint density at radius 3 is 2.02 bits per heavy atom. The SMILES string of the molecule is Cc1c(C)c(CCC(C)(C)C)c(-c2cnn(-c3cccc(Oc4ccc5c6ccccc6n(-c6cc(F)ccn6)c5c4)c3)c2)c(CCC(C)(C)C)c1C. The third-order valence-corrected chi connectivity index (χ3v) is 10.7. The molecule has 0 unspecified atom stereocenters. The lowest BCUT2D eigenvalue weighted by Crippen LogP contribution is -2.12. The van der Waals surface area contributed by atoms with Gasteiger partial charge in [0.2, 0.25) is 0 Å². The van der Waals surface area contributed by atoms with Gasteiger partial charge in [-0.05, 0) is 127 Å². The van der Waals surface area contributed by atoms with Gasteiger partial charge in [-0.3, -0.25) is 4.57 Å². The van der Waals surface area contributed by atoms with Crippen LogP contribution in [0.3, 0.4) is 0 Å². The van der Waals surface area contributed by atoms with Gasteiger partial charge < -0.3 is 4.74 Å². The Balaban J connectivity index is 1.25. The van der Waals surface area contributed by atoms with Crippen LogP contribution in [0.15, 0.2) is 97.5 Å². The van der Waals surface area contributed by atoms with E-state index in [9.17, 15) is 4.39 Å². The minimum atomic E-state index is -0.332. The van der Waals surface area contributed by atoms with Crippen LogP contribution >= 0.6 is 0 Å². The van der Waals surface area contributed by atoms with Crippen LogP contribution in [0.25, 0.3) is 44.4 Å². The van der Waals surface area contributed by atoms with E-state index in [0.717, 1.165) is 58.7 Å². The van der Waals surface area contributed by atoms with E-state index in [-0.39, 0.29) is 16.6 Å². The molecule has 0 fully saturated rings. The van der Waals surface area contributed by atoms with Crippen molar-refractivity contribution in [1.82, 2.24) is 19.3 Å². The topological polar surface area (TPSA) is 44.9 Å². The number of nitrogens with zero attached hydrogens (tertiary/aromatic N) is 4. The maximum absolute atomic E-state index is 14.4. The molecule has 0 N–H and O–H groups in total. The van der Waals surface area contributed by atoms with E-state index >= 15 is 0 Å². The Morgan fingerprint density at radius 2 is 1.34 bits per heavy atom. The number of rotatable bonds is 9. The molecular formula is C47H51FN4O. The molecule has 3 aromatic heterocycles. The summed E-state index contributed by atoms with van der Waals surface area (Å²) in [6.45, 7) is 20.9. The number of hydrogen-bond donors (Lipinski definition) is 0. The Kier molecular flexibility index (Phi) is 9.52. The standard InChI is InChI=1S/C47H51FN4O/c1-30-31(2)38(19-22-46(4,5)6)45(39(32(30)3)20-23-47(7,8)9)33-28-50-51(29-33)35-13-12-14-36(26-35)53-37-17-18-41-40-15-10-11-16-42(40)52(43(41)27-37)44-25-34(48)21-24-49-44/h10-18,21,24-29H,19-20,22-23H2,1-9H3. The molecule has 0 aliphatic rings. The summed E-state index contributed by atoms with van der Waals surface area (Å²) in [7, 11) is 0. The molecule has 0 saturated carbocycles. The first-order valence-electron chi connectivity index (χ1n) is 18.8. The van der Waals surface area contributed by atoms with Crippen LogP contribution in [0, 0.1) is 37.4 Å². The van der Waals surface area contributed by atoms with E-state index in [0.29, 0.717) is 17.3 Å². The molecule has 0 saturated heterocycles. The number of fused-ring (bicyclic) bond motifs is 3. The van der Waals surface area contributed by atoms with Gasteiger partial charge >= 0.3 is 0 Å². The van der Waals surface area contributed by atoms with E-state index in [1.807, 2.05) is 64.0 Å². The monoisotopic (exact) mass is 706 g/mol. The first kappa shape index (κ1) is 36.1. The average molecular weight is 707 g/mol. The molecule has 6 heteroatoms.